The van der Waals surface area contributed by atoms with Gasteiger partial charge in [-0.15, -0.1) is 0 Å². The lowest BCUT2D eigenvalue weighted by molar-refractivity contribution is -0.164. The van der Waals surface area contributed by atoms with E-state index < -0.39 is 0 Å². The first-order chi connectivity index (χ1) is 13.5. The molecule has 28 heavy (non-hydrogen) atoms. The van der Waals surface area contributed by atoms with Crippen LogP contribution in [0.15, 0.2) is 18.2 Å². The van der Waals surface area contributed by atoms with Crippen molar-refractivity contribution in [2.75, 3.05) is 26.3 Å². The molecule has 0 spiro atoms. The molecule has 5 aliphatic rings. The second-order valence-electron chi connectivity index (χ2n) is 9.54. The minimum atomic E-state index is -0.297. The summed E-state index contributed by atoms with van der Waals surface area (Å²) < 4.78 is 5.44. The van der Waals surface area contributed by atoms with Gasteiger partial charge in [0.05, 0.1) is 18.6 Å². The van der Waals surface area contributed by atoms with E-state index in [1.54, 1.807) is 6.07 Å². The molecular formula is C22H29N3O3. The molecule has 6 heteroatoms. The zero-order valence-corrected chi connectivity index (χ0v) is 16.6. The second-order valence-corrected chi connectivity index (χ2v) is 9.54. The lowest BCUT2D eigenvalue weighted by Gasteiger charge is -2.62. The number of rotatable bonds is 3. The molecule has 0 aromatic carbocycles. The van der Waals surface area contributed by atoms with Gasteiger partial charge in [0.2, 0.25) is 5.91 Å². The van der Waals surface area contributed by atoms with Crippen LogP contribution in [0.25, 0.3) is 0 Å². The number of nitrogens with one attached hydrogen (secondary N) is 1. The van der Waals surface area contributed by atoms with Gasteiger partial charge in [0.15, 0.2) is 0 Å². The largest absolute Gasteiger partial charge is 0.378 e. The lowest BCUT2D eigenvalue weighted by atomic mass is 9.46. The molecule has 6 rings (SSSR count). The highest BCUT2D eigenvalue weighted by atomic mass is 16.5. The number of aryl methyl sites for hydroxylation is 1. The van der Waals surface area contributed by atoms with Crippen molar-refractivity contribution in [3.63, 3.8) is 0 Å². The average molecular weight is 383 g/mol. The van der Waals surface area contributed by atoms with Crippen molar-refractivity contribution in [3.05, 3.63) is 29.6 Å². The fourth-order valence-electron chi connectivity index (χ4n) is 6.74. The fourth-order valence-corrected chi connectivity index (χ4v) is 6.74. The Labute approximate surface area is 166 Å². The molecule has 4 bridgehead atoms. The molecule has 2 heterocycles. The van der Waals surface area contributed by atoms with Gasteiger partial charge in [0.1, 0.15) is 5.69 Å². The van der Waals surface area contributed by atoms with E-state index in [9.17, 15) is 9.59 Å². The van der Waals surface area contributed by atoms with Gasteiger partial charge in [-0.25, -0.2) is 4.98 Å². The van der Waals surface area contributed by atoms with E-state index in [-0.39, 0.29) is 16.9 Å². The van der Waals surface area contributed by atoms with Crippen molar-refractivity contribution in [3.8, 4) is 0 Å². The van der Waals surface area contributed by atoms with Crippen LogP contribution in [-0.4, -0.2) is 53.5 Å². The summed E-state index contributed by atoms with van der Waals surface area (Å²) in [6.45, 7) is 4.56. The third kappa shape index (κ3) is 3.02. The molecule has 4 saturated carbocycles. The lowest BCUT2D eigenvalue weighted by Crippen LogP contribution is -2.66. The van der Waals surface area contributed by atoms with Gasteiger partial charge in [-0.2, -0.15) is 0 Å². The number of aromatic nitrogens is 1. The first-order valence-electron chi connectivity index (χ1n) is 10.6. The van der Waals surface area contributed by atoms with Crippen LogP contribution in [0.5, 0.6) is 0 Å². The van der Waals surface area contributed by atoms with Gasteiger partial charge in [0.25, 0.3) is 5.91 Å². The molecule has 1 aromatic rings. The molecule has 6 nitrogen and oxygen atoms in total. The second kappa shape index (κ2) is 6.55. The maximum absolute atomic E-state index is 13.5. The molecule has 1 N–H and O–H groups in total. The van der Waals surface area contributed by atoms with E-state index in [0.29, 0.717) is 49.7 Å². The third-order valence-corrected chi connectivity index (χ3v) is 7.31. The Morgan fingerprint density at radius 2 is 1.86 bits per heavy atom. The quantitative estimate of drug-likeness (QED) is 0.870. The molecule has 0 radical (unpaired) electrons. The van der Waals surface area contributed by atoms with Crippen LogP contribution in [-0.2, 0) is 9.53 Å². The van der Waals surface area contributed by atoms with Crippen molar-refractivity contribution in [2.45, 2.75) is 51.0 Å². The van der Waals surface area contributed by atoms with Crippen molar-refractivity contribution < 1.29 is 14.3 Å². The first kappa shape index (κ1) is 18.1. The van der Waals surface area contributed by atoms with Gasteiger partial charge in [-0.1, -0.05) is 6.07 Å². The van der Waals surface area contributed by atoms with Crippen LogP contribution in [0.2, 0.25) is 0 Å². The van der Waals surface area contributed by atoms with Gasteiger partial charge in [0, 0.05) is 24.3 Å². The first-order valence-corrected chi connectivity index (χ1v) is 10.6. The van der Waals surface area contributed by atoms with Gasteiger partial charge in [-0.3, -0.25) is 9.59 Å². The van der Waals surface area contributed by atoms with Crippen LogP contribution in [0.4, 0.5) is 0 Å². The smallest absolute Gasteiger partial charge is 0.270 e. The van der Waals surface area contributed by atoms with Crippen molar-refractivity contribution in [1.82, 2.24) is 15.2 Å². The Balaban J connectivity index is 1.40. The standard InChI is InChI=1S/C22H29N3O3/c1-15-3-2-4-18(23-15)19(26)24-22-12-16-9-17(13-22)11-21(10-16,14-22)20(27)25-5-7-28-8-6-25/h2-4,16-17H,5-14H2,1H3,(H,24,26). The highest BCUT2D eigenvalue weighted by Crippen LogP contribution is 2.62. The monoisotopic (exact) mass is 383 g/mol. The topological polar surface area (TPSA) is 71.5 Å². The number of ether oxygens (including phenoxy) is 1. The summed E-state index contributed by atoms with van der Waals surface area (Å²) >= 11 is 0. The normalized spacial score (nSPS) is 36.4. The van der Waals surface area contributed by atoms with Crippen molar-refractivity contribution in [2.24, 2.45) is 17.3 Å². The minimum absolute atomic E-state index is 0.0976. The Hall–Kier alpha value is -1.95. The summed E-state index contributed by atoms with van der Waals surface area (Å²) in [6.07, 6.45) is 5.96. The van der Waals surface area contributed by atoms with Gasteiger partial charge < -0.3 is 15.0 Å². The molecule has 1 aliphatic heterocycles. The maximum Gasteiger partial charge on any atom is 0.270 e. The molecule has 2 atom stereocenters. The number of hydrogen-bond acceptors (Lipinski definition) is 4. The zero-order valence-electron chi connectivity index (χ0n) is 16.6. The molecule has 2 amide bonds. The Morgan fingerprint density at radius 3 is 2.54 bits per heavy atom. The molecule has 1 saturated heterocycles. The summed E-state index contributed by atoms with van der Waals surface area (Å²) in [7, 11) is 0. The summed E-state index contributed by atoms with van der Waals surface area (Å²) in [5, 5.41) is 3.35. The number of carbonyl (C=O) groups excluding carboxylic acids is 2. The van der Waals surface area contributed by atoms with E-state index in [1.807, 2.05) is 24.0 Å². The zero-order chi connectivity index (χ0) is 19.4. The number of amides is 2. The van der Waals surface area contributed by atoms with Crippen LogP contribution < -0.4 is 5.32 Å². The highest BCUT2D eigenvalue weighted by Gasteiger charge is 2.61. The average Bonchev–Trinajstić information content (AvgIpc) is 2.66. The minimum Gasteiger partial charge on any atom is -0.378 e. The summed E-state index contributed by atoms with van der Waals surface area (Å²) in [5.41, 5.74) is 0.768. The third-order valence-electron chi connectivity index (χ3n) is 7.31. The highest BCUT2D eigenvalue weighted by molar-refractivity contribution is 5.93. The molecule has 1 aromatic heterocycles. The van der Waals surface area contributed by atoms with E-state index in [1.165, 1.54) is 6.42 Å². The van der Waals surface area contributed by atoms with Gasteiger partial charge >= 0.3 is 0 Å². The SMILES string of the molecule is Cc1cccc(C(=O)NC23CC4CC(C2)CC(C(=O)N2CCOCC2)(C4)C3)n1. The Morgan fingerprint density at radius 1 is 1.14 bits per heavy atom. The van der Waals surface area contributed by atoms with Gasteiger partial charge in [-0.05, 0) is 69.4 Å². The van der Waals surface area contributed by atoms with Crippen molar-refractivity contribution >= 4 is 11.8 Å². The number of pyridine rings is 1. The molecule has 150 valence electrons. The predicted octanol–water partition coefficient (Wildman–Crippen LogP) is 2.32. The summed E-state index contributed by atoms with van der Waals surface area (Å²) in [6, 6.07) is 5.55. The van der Waals surface area contributed by atoms with Crippen LogP contribution in [0.3, 0.4) is 0 Å². The maximum atomic E-state index is 13.5. The molecular weight excluding hydrogens is 354 g/mol. The van der Waals surface area contributed by atoms with Crippen LogP contribution in [0, 0.1) is 24.2 Å². The van der Waals surface area contributed by atoms with E-state index in [0.717, 1.165) is 37.8 Å². The molecule has 2 unspecified atom stereocenters. The summed E-state index contributed by atoms with van der Waals surface area (Å²) in [5.74, 6) is 1.28. The Bertz CT molecular complexity index is 788. The summed E-state index contributed by atoms with van der Waals surface area (Å²) in [4.78, 5) is 32.9. The van der Waals surface area contributed by atoms with Crippen LogP contribution >= 0.6 is 0 Å². The number of carbonyl (C=O) groups is 2. The molecule has 4 aliphatic carbocycles. The van der Waals surface area contributed by atoms with E-state index in [2.05, 4.69) is 10.3 Å². The predicted molar refractivity (Wildman–Crippen MR) is 104 cm³/mol. The van der Waals surface area contributed by atoms with E-state index >= 15 is 0 Å². The number of hydrogen-bond donors (Lipinski definition) is 1. The van der Waals surface area contributed by atoms with Crippen LogP contribution in [0.1, 0.15) is 54.7 Å². The number of morpholine rings is 1. The number of nitrogens with zero attached hydrogens (tertiary/aromatic N) is 2. The van der Waals surface area contributed by atoms with E-state index in [4.69, 9.17) is 4.74 Å². The molecule has 5 fully saturated rings. The Kier molecular flexibility index (Phi) is 4.23. The van der Waals surface area contributed by atoms with Crippen molar-refractivity contribution in [1.29, 1.82) is 0 Å². The fraction of sp³-hybridized carbons (Fsp3) is 0.682.